The topological polar surface area (TPSA) is 32.7 Å². The summed E-state index contributed by atoms with van der Waals surface area (Å²) in [7, 11) is 0. The van der Waals surface area contributed by atoms with Gasteiger partial charge in [0.15, 0.2) is 5.17 Å². The first kappa shape index (κ1) is 17.1. The summed E-state index contributed by atoms with van der Waals surface area (Å²) in [6, 6.07) is 13.4. The van der Waals surface area contributed by atoms with Crippen molar-refractivity contribution in [3.8, 4) is 0 Å². The first-order chi connectivity index (χ1) is 11.4. The van der Waals surface area contributed by atoms with Crippen LogP contribution in [0.4, 0.5) is 5.69 Å². The van der Waals surface area contributed by atoms with Gasteiger partial charge in [0.25, 0.3) is 5.91 Å². The maximum Gasteiger partial charge on any atom is 0.264 e. The smallest absolute Gasteiger partial charge is 0.264 e. The van der Waals surface area contributed by atoms with E-state index in [-0.39, 0.29) is 11.9 Å². The van der Waals surface area contributed by atoms with E-state index < -0.39 is 0 Å². The zero-order valence-corrected chi connectivity index (χ0v) is 15.5. The zero-order chi connectivity index (χ0) is 17.3. The largest absolute Gasteiger partial charge is 0.268 e. The molecule has 0 saturated carbocycles. The van der Waals surface area contributed by atoms with E-state index in [1.165, 1.54) is 0 Å². The highest BCUT2D eigenvalue weighted by atomic mass is 35.5. The highest BCUT2D eigenvalue weighted by Gasteiger charge is 2.27. The molecule has 0 fully saturated rings. The van der Waals surface area contributed by atoms with Gasteiger partial charge >= 0.3 is 0 Å². The van der Waals surface area contributed by atoms with Crippen molar-refractivity contribution in [2.75, 3.05) is 10.7 Å². The fourth-order valence-corrected chi connectivity index (χ4v) is 3.88. The van der Waals surface area contributed by atoms with Crippen LogP contribution in [0.3, 0.4) is 0 Å². The van der Waals surface area contributed by atoms with Gasteiger partial charge < -0.3 is 0 Å². The molecule has 2 aromatic carbocycles. The molecule has 0 N–H and O–H groups in total. The van der Waals surface area contributed by atoms with Gasteiger partial charge in [-0.15, -0.1) is 0 Å². The van der Waals surface area contributed by atoms with Gasteiger partial charge in [0.2, 0.25) is 0 Å². The SMILES string of the molecule is Cc1cc(C)cc(C(=O)N(C2=N[C@@H](C)CS2)c2ccc(Cl)cc2)c1. The molecule has 1 aliphatic heterocycles. The van der Waals surface area contributed by atoms with Crippen LogP contribution in [-0.4, -0.2) is 22.9 Å². The Hall–Kier alpha value is -1.78. The van der Waals surface area contributed by atoms with Crippen LogP contribution in [0.15, 0.2) is 47.5 Å². The third-order valence-electron chi connectivity index (χ3n) is 3.73. The fourth-order valence-electron chi connectivity index (χ4n) is 2.71. The molecule has 3 rings (SSSR count). The van der Waals surface area contributed by atoms with Gasteiger partial charge in [-0.05, 0) is 57.2 Å². The Bertz CT molecular complexity index is 781. The minimum Gasteiger partial charge on any atom is -0.268 e. The molecular formula is C19H19ClN2OS. The molecule has 0 radical (unpaired) electrons. The van der Waals surface area contributed by atoms with Gasteiger partial charge in [0, 0.05) is 16.3 Å². The molecule has 0 unspecified atom stereocenters. The molecule has 24 heavy (non-hydrogen) atoms. The van der Waals surface area contributed by atoms with Crippen molar-refractivity contribution in [3.63, 3.8) is 0 Å². The third kappa shape index (κ3) is 3.65. The lowest BCUT2D eigenvalue weighted by atomic mass is 10.1. The molecule has 0 aromatic heterocycles. The van der Waals surface area contributed by atoms with E-state index >= 15 is 0 Å². The quantitative estimate of drug-likeness (QED) is 0.748. The van der Waals surface area contributed by atoms with Crippen molar-refractivity contribution < 1.29 is 4.79 Å². The lowest BCUT2D eigenvalue weighted by Crippen LogP contribution is -2.34. The third-order valence-corrected chi connectivity index (χ3v) is 5.18. The molecule has 1 atom stereocenters. The second kappa shape index (κ2) is 6.99. The van der Waals surface area contributed by atoms with Crippen LogP contribution in [0, 0.1) is 13.8 Å². The van der Waals surface area contributed by atoms with Crippen LogP contribution in [0.1, 0.15) is 28.4 Å². The summed E-state index contributed by atoms with van der Waals surface area (Å²) in [5.41, 5.74) is 3.60. The zero-order valence-electron chi connectivity index (χ0n) is 13.9. The van der Waals surface area contributed by atoms with Crippen molar-refractivity contribution in [1.82, 2.24) is 0 Å². The Morgan fingerprint density at radius 3 is 2.33 bits per heavy atom. The van der Waals surface area contributed by atoms with Crippen molar-refractivity contribution in [2.45, 2.75) is 26.8 Å². The number of thioether (sulfide) groups is 1. The van der Waals surface area contributed by atoms with Crippen LogP contribution in [0.5, 0.6) is 0 Å². The predicted molar refractivity (Wildman–Crippen MR) is 104 cm³/mol. The predicted octanol–water partition coefficient (Wildman–Crippen LogP) is 5.09. The van der Waals surface area contributed by atoms with Crippen LogP contribution in [0.2, 0.25) is 5.02 Å². The molecule has 124 valence electrons. The van der Waals surface area contributed by atoms with E-state index in [1.54, 1.807) is 28.8 Å². The van der Waals surface area contributed by atoms with Crippen molar-refractivity contribution in [1.29, 1.82) is 0 Å². The van der Waals surface area contributed by atoms with Crippen LogP contribution < -0.4 is 4.90 Å². The van der Waals surface area contributed by atoms with Gasteiger partial charge in [-0.1, -0.05) is 40.6 Å². The summed E-state index contributed by atoms with van der Waals surface area (Å²) in [4.78, 5) is 19.6. The Balaban J connectivity index is 2.05. The molecular weight excluding hydrogens is 340 g/mol. The Morgan fingerprint density at radius 1 is 1.17 bits per heavy atom. The summed E-state index contributed by atoms with van der Waals surface area (Å²) in [5, 5.41) is 1.39. The van der Waals surface area contributed by atoms with Crippen LogP contribution in [-0.2, 0) is 0 Å². The van der Waals surface area contributed by atoms with Gasteiger partial charge in [-0.25, -0.2) is 0 Å². The number of aliphatic imine (C=N–C) groups is 1. The Morgan fingerprint density at radius 2 is 1.79 bits per heavy atom. The normalized spacial score (nSPS) is 16.8. The van der Waals surface area contributed by atoms with E-state index in [9.17, 15) is 4.79 Å². The number of carbonyl (C=O) groups excluding carboxylic acids is 1. The summed E-state index contributed by atoms with van der Waals surface area (Å²) in [6.07, 6.45) is 0. The van der Waals surface area contributed by atoms with E-state index in [0.29, 0.717) is 10.6 Å². The van der Waals surface area contributed by atoms with Gasteiger partial charge in [-0.3, -0.25) is 14.7 Å². The van der Waals surface area contributed by atoms with Crippen molar-refractivity contribution >= 4 is 40.1 Å². The number of hydrogen-bond donors (Lipinski definition) is 0. The van der Waals surface area contributed by atoms with Crippen molar-refractivity contribution in [2.24, 2.45) is 4.99 Å². The first-order valence-corrected chi connectivity index (χ1v) is 9.19. The number of carbonyl (C=O) groups is 1. The fraction of sp³-hybridized carbons (Fsp3) is 0.263. The number of hydrogen-bond acceptors (Lipinski definition) is 3. The van der Waals surface area contributed by atoms with E-state index in [2.05, 4.69) is 18.0 Å². The highest BCUT2D eigenvalue weighted by molar-refractivity contribution is 8.14. The molecule has 1 heterocycles. The minimum absolute atomic E-state index is 0.0653. The minimum atomic E-state index is -0.0653. The molecule has 3 nitrogen and oxygen atoms in total. The molecule has 1 aliphatic rings. The molecule has 0 saturated heterocycles. The Kier molecular flexibility index (Phi) is 4.97. The number of benzene rings is 2. The number of anilines is 1. The van der Waals surface area contributed by atoms with E-state index in [1.807, 2.05) is 38.1 Å². The maximum absolute atomic E-state index is 13.2. The number of aryl methyl sites for hydroxylation is 2. The lowest BCUT2D eigenvalue weighted by Gasteiger charge is -2.22. The van der Waals surface area contributed by atoms with Gasteiger partial charge in [-0.2, -0.15) is 0 Å². The maximum atomic E-state index is 13.2. The van der Waals surface area contributed by atoms with E-state index in [0.717, 1.165) is 27.7 Å². The number of amidine groups is 1. The standard InChI is InChI=1S/C19H19ClN2OS/c1-12-8-13(2)10-15(9-12)18(23)22(19-21-14(3)11-24-19)17-6-4-16(20)5-7-17/h4-10,14H,11H2,1-3H3/t14-/m0/s1. The Labute approximate surface area is 151 Å². The second-order valence-electron chi connectivity index (χ2n) is 6.07. The number of rotatable bonds is 2. The molecule has 0 aliphatic carbocycles. The van der Waals surface area contributed by atoms with Gasteiger partial charge in [0.05, 0.1) is 11.7 Å². The number of nitrogens with zero attached hydrogens (tertiary/aromatic N) is 2. The molecule has 1 amide bonds. The monoisotopic (exact) mass is 358 g/mol. The number of halogens is 1. The van der Waals surface area contributed by atoms with Gasteiger partial charge in [0.1, 0.15) is 0 Å². The van der Waals surface area contributed by atoms with Crippen molar-refractivity contribution in [3.05, 3.63) is 64.2 Å². The first-order valence-electron chi connectivity index (χ1n) is 7.83. The molecule has 2 aromatic rings. The molecule has 0 spiro atoms. The van der Waals surface area contributed by atoms with Crippen LogP contribution in [0.25, 0.3) is 0 Å². The average Bonchev–Trinajstić information content (AvgIpc) is 2.94. The summed E-state index contributed by atoms with van der Waals surface area (Å²) < 4.78 is 0. The second-order valence-corrected chi connectivity index (χ2v) is 7.49. The molecule has 0 bridgehead atoms. The van der Waals surface area contributed by atoms with E-state index in [4.69, 9.17) is 11.6 Å². The number of amides is 1. The summed E-state index contributed by atoms with van der Waals surface area (Å²) in [5.74, 6) is 0.823. The lowest BCUT2D eigenvalue weighted by molar-refractivity contribution is 0.100. The van der Waals surface area contributed by atoms with Crippen LogP contribution >= 0.6 is 23.4 Å². The summed E-state index contributed by atoms with van der Waals surface area (Å²) in [6.45, 7) is 6.06. The highest BCUT2D eigenvalue weighted by Crippen LogP contribution is 2.28. The average molecular weight is 359 g/mol. The molecule has 5 heteroatoms. The summed E-state index contributed by atoms with van der Waals surface area (Å²) >= 11 is 7.61.